The van der Waals surface area contributed by atoms with Gasteiger partial charge in [0.25, 0.3) is 0 Å². The number of rotatable bonds is 6. The first kappa shape index (κ1) is 10.5. The van der Waals surface area contributed by atoms with Gasteiger partial charge in [0.2, 0.25) is 0 Å². The molecular formula is C9H20N2. The van der Waals surface area contributed by atoms with Crippen molar-refractivity contribution in [3.63, 3.8) is 0 Å². The summed E-state index contributed by atoms with van der Waals surface area (Å²) in [5, 5.41) is 7.05. The minimum absolute atomic E-state index is 0.791. The molecule has 0 aliphatic carbocycles. The predicted molar refractivity (Wildman–Crippen MR) is 50.1 cm³/mol. The molecule has 0 saturated heterocycles. The Morgan fingerprint density at radius 1 is 1.45 bits per heavy atom. The van der Waals surface area contributed by atoms with Crippen molar-refractivity contribution in [2.24, 2.45) is 5.92 Å². The van der Waals surface area contributed by atoms with Crippen molar-refractivity contribution in [3.8, 4) is 0 Å². The van der Waals surface area contributed by atoms with Gasteiger partial charge in [0.05, 0.1) is 6.34 Å². The third kappa shape index (κ3) is 5.89. The number of hydrogen-bond acceptors (Lipinski definition) is 1. The second-order valence-electron chi connectivity index (χ2n) is 3.29. The second kappa shape index (κ2) is 6.20. The van der Waals surface area contributed by atoms with Gasteiger partial charge in [-0.1, -0.05) is 13.8 Å². The van der Waals surface area contributed by atoms with E-state index in [2.05, 4.69) is 20.8 Å². The molecule has 0 aromatic rings. The van der Waals surface area contributed by atoms with Gasteiger partial charge in [0.15, 0.2) is 0 Å². The van der Waals surface area contributed by atoms with E-state index in [-0.39, 0.29) is 0 Å². The third-order valence-corrected chi connectivity index (χ3v) is 1.82. The molecule has 0 fully saturated rings. The fraction of sp³-hybridized carbons (Fsp3) is 0.889. The summed E-state index contributed by atoms with van der Waals surface area (Å²) in [6.07, 6.45) is 3.91. The summed E-state index contributed by atoms with van der Waals surface area (Å²) < 4.78 is 0. The summed E-state index contributed by atoms with van der Waals surface area (Å²) in [5.74, 6) is 0.791. The molecule has 11 heavy (non-hydrogen) atoms. The van der Waals surface area contributed by atoms with Gasteiger partial charge in [-0.2, -0.15) is 0 Å². The van der Waals surface area contributed by atoms with Gasteiger partial charge < -0.3 is 4.90 Å². The van der Waals surface area contributed by atoms with Crippen LogP contribution in [0.4, 0.5) is 0 Å². The lowest BCUT2D eigenvalue weighted by Crippen LogP contribution is -2.22. The number of nitrogens with one attached hydrogen (secondary N) is 1. The van der Waals surface area contributed by atoms with Crippen LogP contribution < -0.4 is 0 Å². The van der Waals surface area contributed by atoms with Gasteiger partial charge in [-0.05, 0) is 25.7 Å². The average Bonchev–Trinajstić information content (AvgIpc) is 1.98. The molecule has 1 N–H and O–H groups in total. The van der Waals surface area contributed by atoms with Crippen molar-refractivity contribution >= 4 is 6.34 Å². The SMILES string of the molecule is CCN(C=N)CCCC(C)C. The zero-order valence-electron chi connectivity index (χ0n) is 7.93. The highest BCUT2D eigenvalue weighted by atomic mass is 15.1. The molecule has 0 heterocycles. The summed E-state index contributed by atoms with van der Waals surface area (Å²) in [7, 11) is 0. The van der Waals surface area contributed by atoms with E-state index in [4.69, 9.17) is 5.41 Å². The average molecular weight is 156 g/mol. The highest BCUT2D eigenvalue weighted by Gasteiger charge is 1.97. The lowest BCUT2D eigenvalue weighted by molar-refractivity contribution is 0.412. The fourth-order valence-corrected chi connectivity index (χ4v) is 1.02. The molecule has 2 nitrogen and oxygen atoms in total. The van der Waals surface area contributed by atoms with Crippen LogP contribution in [0.3, 0.4) is 0 Å². The minimum atomic E-state index is 0.791. The second-order valence-corrected chi connectivity index (χ2v) is 3.29. The first-order valence-corrected chi connectivity index (χ1v) is 4.45. The molecule has 0 amide bonds. The van der Waals surface area contributed by atoms with E-state index in [9.17, 15) is 0 Å². The summed E-state index contributed by atoms with van der Waals surface area (Å²) in [6.45, 7) is 8.56. The Hall–Kier alpha value is -0.530. The molecule has 0 unspecified atom stereocenters. The monoisotopic (exact) mass is 156 g/mol. The van der Waals surface area contributed by atoms with Crippen LogP contribution in [-0.4, -0.2) is 24.3 Å². The van der Waals surface area contributed by atoms with Crippen LogP contribution >= 0.6 is 0 Å². The Balaban J connectivity index is 3.28. The fourth-order valence-electron chi connectivity index (χ4n) is 1.02. The topological polar surface area (TPSA) is 27.1 Å². The first-order valence-electron chi connectivity index (χ1n) is 4.45. The minimum Gasteiger partial charge on any atom is -0.363 e. The lowest BCUT2D eigenvalue weighted by Gasteiger charge is -2.16. The van der Waals surface area contributed by atoms with E-state index in [0.717, 1.165) is 19.0 Å². The Labute approximate surface area is 70.1 Å². The van der Waals surface area contributed by atoms with Crippen molar-refractivity contribution in [1.29, 1.82) is 5.41 Å². The maximum absolute atomic E-state index is 7.05. The highest BCUT2D eigenvalue weighted by molar-refractivity contribution is 5.50. The Morgan fingerprint density at radius 3 is 2.45 bits per heavy atom. The van der Waals surface area contributed by atoms with Crippen molar-refractivity contribution in [2.75, 3.05) is 13.1 Å². The zero-order chi connectivity index (χ0) is 8.69. The van der Waals surface area contributed by atoms with E-state index in [1.54, 1.807) is 0 Å². The molecule has 0 atom stereocenters. The van der Waals surface area contributed by atoms with E-state index in [1.807, 2.05) is 4.90 Å². The molecule has 0 aliphatic heterocycles. The maximum atomic E-state index is 7.05. The van der Waals surface area contributed by atoms with E-state index >= 15 is 0 Å². The van der Waals surface area contributed by atoms with E-state index < -0.39 is 0 Å². The quantitative estimate of drug-likeness (QED) is 0.464. The van der Waals surface area contributed by atoms with Crippen LogP contribution in [0, 0.1) is 11.3 Å². The zero-order valence-corrected chi connectivity index (χ0v) is 7.93. The molecule has 0 aromatic carbocycles. The first-order chi connectivity index (χ1) is 5.20. The van der Waals surface area contributed by atoms with Crippen molar-refractivity contribution in [3.05, 3.63) is 0 Å². The van der Waals surface area contributed by atoms with Gasteiger partial charge in [0.1, 0.15) is 0 Å². The molecular weight excluding hydrogens is 136 g/mol. The van der Waals surface area contributed by atoms with Gasteiger partial charge in [-0.25, -0.2) is 0 Å². The number of nitrogens with zero attached hydrogens (tertiary/aromatic N) is 1. The smallest absolute Gasteiger partial charge is 0.0817 e. The van der Waals surface area contributed by atoms with Gasteiger partial charge in [-0.3, -0.25) is 5.41 Å². The summed E-state index contributed by atoms with van der Waals surface area (Å²) in [5.41, 5.74) is 0. The van der Waals surface area contributed by atoms with Crippen LogP contribution in [-0.2, 0) is 0 Å². The normalized spacial score (nSPS) is 10.2. The molecule has 0 radical (unpaired) electrons. The van der Waals surface area contributed by atoms with Crippen LogP contribution in [0.1, 0.15) is 33.6 Å². The Bertz CT molecular complexity index is 99.7. The lowest BCUT2D eigenvalue weighted by atomic mass is 10.1. The molecule has 0 rings (SSSR count). The standard InChI is InChI=1S/C9H20N2/c1-4-11(8-10)7-5-6-9(2)3/h8-10H,4-7H2,1-3H3. The summed E-state index contributed by atoms with van der Waals surface area (Å²) >= 11 is 0. The molecule has 0 bridgehead atoms. The van der Waals surface area contributed by atoms with Crippen LogP contribution in [0.2, 0.25) is 0 Å². The molecule has 0 saturated carbocycles. The van der Waals surface area contributed by atoms with Crippen LogP contribution in [0.25, 0.3) is 0 Å². The third-order valence-electron chi connectivity index (χ3n) is 1.82. The largest absolute Gasteiger partial charge is 0.363 e. The number of hydrogen-bond donors (Lipinski definition) is 1. The van der Waals surface area contributed by atoms with Crippen molar-refractivity contribution in [1.82, 2.24) is 4.90 Å². The molecule has 0 aromatic heterocycles. The highest BCUT2D eigenvalue weighted by Crippen LogP contribution is 2.03. The predicted octanol–water partition coefficient (Wildman–Crippen LogP) is 2.35. The molecule has 66 valence electrons. The van der Waals surface area contributed by atoms with E-state index in [1.165, 1.54) is 19.2 Å². The van der Waals surface area contributed by atoms with Gasteiger partial charge in [-0.15, -0.1) is 0 Å². The maximum Gasteiger partial charge on any atom is 0.0817 e. The summed E-state index contributed by atoms with van der Waals surface area (Å²) in [4.78, 5) is 2.03. The van der Waals surface area contributed by atoms with Crippen LogP contribution in [0.5, 0.6) is 0 Å². The van der Waals surface area contributed by atoms with Crippen molar-refractivity contribution < 1.29 is 0 Å². The van der Waals surface area contributed by atoms with Gasteiger partial charge in [0, 0.05) is 13.1 Å². The Morgan fingerprint density at radius 2 is 2.09 bits per heavy atom. The molecule has 0 spiro atoms. The molecule has 0 aliphatic rings. The van der Waals surface area contributed by atoms with Crippen molar-refractivity contribution in [2.45, 2.75) is 33.6 Å². The van der Waals surface area contributed by atoms with E-state index in [0.29, 0.717) is 0 Å². The van der Waals surface area contributed by atoms with Gasteiger partial charge >= 0.3 is 0 Å². The molecule has 2 heteroatoms. The Kier molecular flexibility index (Phi) is 5.90. The van der Waals surface area contributed by atoms with Crippen LogP contribution in [0.15, 0.2) is 0 Å². The summed E-state index contributed by atoms with van der Waals surface area (Å²) in [6, 6.07) is 0.